The Hall–Kier alpha value is -2.09. The molecule has 0 saturated heterocycles. The lowest BCUT2D eigenvalue weighted by Gasteiger charge is -2.06. The highest BCUT2D eigenvalue weighted by atomic mass is 16.5. The highest BCUT2D eigenvalue weighted by Gasteiger charge is 2.29. The van der Waals surface area contributed by atoms with Gasteiger partial charge in [-0.1, -0.05) is 42.5 Å². The second-order valence-electron chi connectivity index (χ2n) is 4.92. The normalized spacial score (nSPS) is 14.1. The second-order valence-corrected chi connectivity index (χ2v) is 4.92. The van der Waals surface area contributed by atoms with Crippen LogP contribution in [0.2, 0.25) is 0 Å². The summed E-state index contributed by atoms with van der Waals surface area (Å²) >= 11 is 0. The second kappa shape index (κ2) is 5.27. The van der Waals surface area contributed by atoms with Crippen LogP contribution in [0.4, 0.5) is 0 Å². The predicted octanol–water partition coefficient (Wildman–Crippen LogP) is 3.71. The standard InChI is InChI=1S/C17H16O2/c18-17(15-6-7-15)12-19-16-10-8-14(9-11-16)13-4-2-1-3-5-13/h1-5,8-11,15H,6-7,12H2. The Morgan fingerprint density at radius 2 is 1.58 bits per heavy atom. The van der Waals surface area contributed by atoms with Gasteiger partial charge in [-0.3, -0.25) is 4.79 Å². The van der Waals surface area contributed by atoms with Gasteiger partial charge in [0.15, 0.2) is 5.78 Å². The van der Waals surface area contributed by atoms with Crippen LogP contribution in [0, 0.1) is 5.92 Å². The third kappa shape index (κ3) is 3.02. The molecule has 2 aromatic carbocycles. The van der Waals surface area contributed by atoms with Gasteiger partial charge in [0.1, 0.15) is 12.4 Å². The molecule has 2 aromatic rings. The smallest absolute Gasteiger partial charge is 0.173 e. The molecule has 19 heavy (non-hydrogen) atoms. The molecule has 2 nitrogen and oxygen atoms in total. The summed E-state index contributed by atoms with van der Waals surface area (Å²) in [4.78, 5) is 11.5. The molecule has 0 aliphatic heterocycles. The summed E-state index contributed by atoms with van der Waals surface area (Å²) in [6, 6.07) is 18.1. The topological polar surface area (TPSA) is 26.3 Å². The van der Waals surface area contributed by atoms with Crippen molar-refractivity contribution in [2.24, 2.45) is 5.92 Å². The summed E-state index contributed by atoms with van der Waals surface area (Å²) < 4.78 is 5.51. The van der Waals surface area contributed by atoms with Gasteiger partial charge in [0.25, 0.3) is 0 Å². The lowest BCUT2D eigenvalue weighted by atomic mass is 10.1. The monoisotopic (exact) mass is 252 g/mol. The van der Waals surface area contributed by atoms with E-state index in [2.05, 4.69) is 12.1 Å². The van der Waals surface area contributed by atoms with Gasteiger partial charge in [0.05, 0.1) is 0 Å². The minimum Gasteiger partial charge on any atom is -0.486 e. The minimum absolute atomic E-state index is 0.204. The lowest BCUT2D eigenvalue weighted by Crippen LogP contribution is -2.12. The van der Waals surface area contributed by atoms with Gasteiger partial charge in [0.2, 0.25) is 0 Å². The Bertz CT molecular complexity index is 554. The van der Waals surface area contributed by atoms with Crippen LogP contribution >= 0.6 is 0 Å². The van der Waals surface area contributed by atoms with Crippen LogP contribution in [0.5, 0.6) is 5.75 Å². The van der Waals surface area contributed by atoms with E-state index in [0.717, 1.165) is 24.2 Å². The van der Waals surface area contributed by atoms with Crippen LogP contribution < -0.4 is 4.74 Å². The van der Waals surface area contributed by atoms with E-state index in [0.29, 0.717) is 0 Å². The summed E-state index contributed by atoms with van der Waals surface area (Å²) in [5, 5.41) is 0. The van der Waals surface area contributed by atoms with Crippen molar-refractivity contribution in [2.45, 2.75) is 12.8 Å². The Kier molecular flexibility index (Phi) is 3.32. The van der Waals surface area contributed by atoms with Crippen molar-refractivity contribution in [1.82, 2.24) is 0 Å². The molecule has 96 valence electrons. The van der Waals surface area contributed by atoms with E-state index in [-0.39, 0.29) is 18.3 Å². The van der Waals surface area contributed by atoms with E-state index < -0.39 is 0 Å². The minimum atomic E-state index is 0.204. The van der Waals surface area contributed by atoms with Crippen LogP contribution in [0.25, 0.3) is 11.1 Å². The molecule has 0 aromatic heterocycles. The quantitative estimate of drug-likeness (QED) is 0.810. The highest BCUT2D eigenvalue weighted by Crippen LogP contribution is 2.30. The van der Waals surface area contributed by atoms with E-state index in [9.17, 15) is 4.79 Å². The van der Waals surface area contributed by atoms with Gasteiger partial charge < -0.3 is 4.74 Å². The molecule has 0 bridgehead atoms. The first-order valence-electron chi connectivity index (χ1n) is 6.64. The maximum absolute atomic E-state index is 11.5. The SMILES string of the molecule is O=C(COc1ccc(-c2ccccc2)cc1)C1CC1. The molecule has 1 aliphatic rings. The Morgan fingerprint density at radius 1 is 0.947 bits per heavy atom. The van der Waals surface area contributed by atoms with E-state index in [4.69, 9.17) is 4.74 Å². The zero-order valence-electron chi connectivity index (χ0n) is 10.7. The number of benzene rings is 2. The van der Waals surface area contributed by atoms with Gasteiger partial charge in [-0.25, -0.2) is 0 Å². The fourth-order valence-electron chi connectivity index (χ4n) is 2.05. The van der Waals surface area contributed by atoms with Crippen LogP contribution in [-0.2, 0) is 4.79 Å². The zero-order chi connectivity index (χ0) is 13.1. The number of ether oxygens (including phenoxy) is 1. The molecule has 3 rings (SSSR count). The van der Waals surface area contributed by atoms with Crippen LogP contribution in [0.15, 0.2) is 54.6 Å². The molecule has 0 spiro atoms. The molecule has 0 unspecified atom stereocenters. The fraction of sp³-hybridized carbons (Fsp3) is 0.235. The molecule has 0 radical (unpaired) electrons. The van der Waals surface area contributed by atoms with Crippen LogP contribution in [0.1, 0.15) is 12.8 Å². The van der Waals surface area contributed by atoms with Crippen molar-refractivity contribution in [3.05, 3.63) is 54.6 Å². The number of hydrogen-bond donors (Lipinski definition) is 0. The summed E-state index contributed by atoms with van der Waals surface area (Å²) in [7, 11) is 0. The molecule has 1 saturated carbocycles. The van der Waals surface area contributed by atoms with Crippen molar-refractivity contribution < 1.29 is 9.53 Å². The lowest BCUT2D eigenvalue weighted by molar-refractivity contribution is -0.122. The molecule has 1 fully saturated rings. The van der Waals surface area contributed by atoms with Gasteiger partial charge in [-0.15, -0.1) is 0 Å². The fourth-order valence-corrected chi connectivity index (χ4v) is 2.05. The van der Waals surface area contributed by atoms with Crippen LogP contribution in [0.3, 0.4) is 0 Å². The zero-order valence-corrected chi connectivity index (χ0v) is 10.7. The third-order valence-corrected chi connectivity index (χ3v) is 3.38. The van der Waals surface area contributed by atoms with E-state index in [1.165, 1.54) is 5.56 Å². The molecule has 0 heterocycles. The molecular formula is C17H16O2. The van der Waals surface area contributed by atoms with Gasteiger partial charge in [0, 0.05) is 5.92 Å². The Morgan fingerprint density at radius 3 is 2.21 bits per heavy atom. The van der Waals surface area contributed by atoms with Gasteiger partial charge in [-0.05, 0) is 36.1 Å². The van der Waals surface area contributed by atoms with Crippen LogP contribution in [-0.4, -0.2) is 12.4 Å². The Balaban J connectivity index is 1.64. The summed E-state index contributed by atoms with van der Waals surface area (Å²) in [6.45, 7) is 0.204. The average Bonchev–Trinajstić information content (AvgIpc) is 3.31. The first-order valence-corrected chi connectivity index (χ1v) is 6.64. The highest BCUT2D eigenvalue weighted by molar-refractivity contribution is 5.84. The first-order chi connectivity index (χ1) is 9.33. The number of rotatable bonds is 5. The van der Waals surface area contributed by atoms with Crippen molar-refractivity contribution >= 4 is 5.78 Å². The van der Waals surface area contributed by atoms with Crippen molar-refractivity contribution in [1.29, 1.82) is 0 Å². The summed E-state index contributed by atoms with van der Waals surface area (Å²) in [6.07, 6.45) is 2.07. The maximum atomic E-state index is 11.5. The molecular weight excluding hydrogens is 236 g/mol. The number of Topliss-reactive ketones (excluding diaryl/α,β-unsaturated/α-hetero) is 1. The van der Waals surface area contributed by atoms with Crippen molar-refractivity contribution in [3.63, 3.8) is 0 Å². The first kappa shape index (κ1) is 12.0. The number of carbonyl (C=O) groups excluding carboxylic acids is 1. The van der Waals surface area contributed by atoms with E-state index in [1.54, 1.807) is 0 Å². The van der Waals surface area contributed by atoms with Gasteiger partial charge >= 0.3 is 0 Å². The van der Waals surface area contributed by atoms with E-state index in [1.807, 2.05) is 42.5 Å². The number of hydrogen-bond acceptors (Lipinski definition) is 2. The summed E-state index contributed by atoms with van der Waals surface area (Å²) in [5.74, 6) is 1.25. The predicted molar refractivity (Wildman–Crippen MR) is 75.1 cm³/mol. The molecule has 0 N–H and O–H groups in total. The Labute approximate surface area is 113 Å². The molecule has 2 heteroatoms. The third-order valence-electron chi connectivity index (χ3n) is 3.38. The molecule has 0 amide bonds. The van der Waals surface area contributed by atoms with Gasteiger partial charge in [-0.2, -0.15) is 0 Å². The number of carbonyl (C=O) groups is 1. The van der Waals surface area contributed by atoms with Crippen molar-refractivity contribution in [3.8, 4) is 16.9 Å². The number of ketones is 1. The molecule has 1 aliphatic carbocycles. The largest absolute Gasteiger partial charge is 0.486 e. The molecule has 0 atom stereocenters. The van der Waals surface area contributed by atoms with Crippen molar-refractivity contribution in [2.75, 3.05) is 6.61 Å². The maximum Gasteiger partial charge on any atom is 0.173 e. The summed E-state index contributed by atoms with van der Waals surface area (Å²) in [5.41, 5.74) is 2.34. The average molecular weight is 252 g/mol. The van der Waals surface area contributed by atoms with E-state index >= 15 is 0 Å².